The molecule has 27 heavy (non-hydrogen) atoms. The number of nitrogens with one attached hydrogen (secondary N) is 2. The summed E-state index contributed by atoms with van der Waals surface area (Å²) >= 11 is 1.12. The van der Waals surface area contributed by atoms with E-state index in [1.54, 1.807) is 11.8 Å². The van der Waals surface area contributed by atoms with Gasteiger partial charge in [-0.25, -0.2) is 0 Å². The molecule has 2 N–H and O–H groups in total. The maximum absolute atomic E-state index is 12.4. The number of likely N-dealkylation sites (tertiary alicyclic amines) is 1. The number of nitrogens with zero attached hydrogens (tertiary/aromatic N) is 3. The average molecular weight is 395 g/mol. The van der Waals surface area contributed by atoms with Gasteiger partial charge in [0.15, 0.2) is 0 Å². The van der Waals surface area contributed by atoms with Crippen LogP contribution in [0.15, 0.2) is 0 Å². The summed E-state index contributed by atoms with van der Waals surface area (Å²) in [5, 5.41) is 9.19. The highest BCUT2D eigenvalue weighted by atomic mass is 32.1. The van der Waals surface area contributed by atoms with Crippen molar-refractivity contribution >= 4 is 29.3 Å². The Hall–Kier alpha value is -2.07. The molecule has 10 heteroatoms. The van der Waals surface area contributed by atoms with Gasteiger partial charge < -0.3 is 20.3 Å². The topological polar surface area (TPSA) is 114 Å². The second-order valence-electron chi connectivity index (χ2n) is 6.98. The normalized spacial score (nSPS) is 20.5. The number of rotatable bonds is 5. The molecule has 0 aromatic carbocycles. The van der Waals surface area contributed by atoms with Gasteiger partial charge in [0.2, 0.25) is 0 Å². The van der Waals surface area contributed by atoms with Crippen LogP contribution in [0.5, 0.6) is 0 Å². The van der Waals surface area contributed by atoms with Crippen molar-refractivity contribution in [2.24, 2.45) is 5.92 Å². The summed E-state index contributed by atoms with van der Waals surface area (Å²) in [6.45, 7) is 4.56. The van der Waals surface area contributed by atoms with Crippen molar-refractivity contribution in [3.8, 4) is 0 Å². The molecule has 148 valence electrons. The Morgan fingerprint density at radius 1 is 1.15 bits per heavy atom. The van der Waals surface area contributed by atoms with Crippen LogP contribution in [0.2, 0.25) is 0 Å². The van der Waals surface area contributed by atoms with E-state index in [0.717, 1.165) is 37.2 Å². The molecule has 3 amide bonds. The molecule has 0 aliphatic carbocycles. The Morgan fingerprint density at radius 2 is 1.85 bits per heavy atom. The second-order valence-corrected chi connectivity index (χ2v) is 7.73. The Balaban J connectivity index is 1.35. The van der Waals surface area contributed by atoms with E-state index >= 15 is 0 Å². The summed E-state index contributed by atoms with van der Waals surface area (Å²) in [6.07, 6.45) is 3.49. The molecule has 0 bridgehead atoms. The summed E-state index contributed by atoms with van der Waals surface area (Å²) in [5.74, 6) is -1.01. The van der Waals surface area contributed by atoms with Crippen LogP contribution in [0.25, 0.3) is 0 Å². The molecule has 3 rings (SSSR count). The van der Waals surface area contributed by atoms with Crippen LogP contribution in [0.1, 0.15) is 41.0 Å². The predicted octanol–water partition coefficient (Wildman–Crippen LogP) is 0.110. The summed E-state index contributed by atoms with van der Waals surface area (Å²) in [4.78, 5) is 38.6. The highest BCUT2D eigenvalue weighted by Crippen LogP contribution is 2.20. The number of aromatic nitrogens is 2. The summed E-state index contributed by atoms with van der Waals surface area (Å²) in [5.41, 5.74) is 0.661. The van der Waals surface area contributed by atoms with Crippen LogP contribution >= 0.6 is 11.5 Å². The molecular weight excluding hydrogens is 370 g/mol. The van der Waals surface area contributed by atoms with E-state index < -0.39 is 11.8 Å². The third kappa shape index (κ3) is 5.23. The molecule has 9 nitrogen and oxygen atoms in total. The lowest BCUT2D eigenvalue weighted by atomic mass is 9.96. The van der Waals surface area contributed by atoms with Crippen LogP contribution in [0, 0.1) is 12.8 Å². The van der Waals surface area contributed by atoms with Gasteiger partial charge in [0.25, 0.3) is 5.91 Å². The predicted molar refractivity (Wildman–Crippen MR) is 98.3 cm³/mol. The molecule has 0 saturated carbocycles. The standard InChI is InChI=1S/C17H25N5O4S/c1-11-14(27-21-20-11)17(25)22-6-4-12(5-7-22)9-18-15(23)16(24)19-10-13-3-2-8-26-13/h12-13H,2-10H2,1H3,(H,18,23)(H,19,24). The fraction of sp³-hybridized carbons (Fsp3) is 0.706. The van der Waals surface area contributed by atoms with E-state index in [-0.39, 0.29) is 17.9 Å². The van der Waals surface area contributed by atoms with Crippen molar-refractivity contribution in [1.82, 2.24) is 25.1 Å². The number of ether oxygens (including phenoxy) is 1. The minimum Gasteiger partial charge on any atom is -0.376 e. The lowest BCUT2D eigenvalue weighted by Crippen LogP contribution is -2.46. The van der Waals surface area contributed by atoms with E-state index in [1.807, 2.05) is 0 Å². The fourth-order valence-corrected chi connectivity index (χ4v) is 3.95. The third-order valence-electron chi connectivity index (χ3n) is 5.02. The Morgan fingerprint density at radius 3 is 2.44 bits per heavy atom. The summed E-state index contributed by atoms with van der Waals surface area (Å²) in [7, 11) is 0. The summed E-state index contributed by atoms with van der Waals surface area (Å²) < 4.78 is 9.23. The van der Waals surface area contributed by atoms with Crippen molar-refractivity contribution in [3.05, 3.63) is 10.6 Å². The van der Waals surface area contributed by atoms with Crippen molar-refractivity contribution in [2.75, 3.05) is 32.8 Å². The third-order valence-corrected chi connectivity index (χ3v) is 5.84. The SMILES string of the molecule is Cc1nnsc1C(=O)N1CCC(CNC(=O)C(=O)NCC2CCCO2)CC1. The van der Waals surface area contributed by atoms with Crippen molar-refractivity contribution in [1.29, 1.82) is 0 Å². The monoisotopic (exact) mass is 395 g/mol. The average Bonchev–Trinajstić information content (AvgIpc) is 3.35. The molecule has 0 spiro atoms. The first-order valence-electron chi connectivity index (χ1n) is 9.30. The highest BCUT2D eigenvalue weighted by molar-refractivity contribution is 7.07. The van der Waals surface area contributed by atoms with Gasteiger partial charge in [0.05, 0.1) is 11.8 Å². The van der Waals surface area contributed by atoms with Gasteiger partial charge in [-0.3, -0.25) is 14.4 Å². The van der Waals surface area contributed by atoms with Gasteiger partial charge in [-0.1, -0.05) is 4.49 Å². The minimum absolute atomic E-state index is 0.0148. The smallest absolute Gasteiger partial charge is 0.309 e. The Kier molecular flexibility index (Phi) is 6.73. The number of carbonyl (C=O) groups is 3. The van der Waals surface area contributed by atoms with Crippen LogP contribution < -0.4 is 10.6 Å². The Labute approximate surface area is 162 Å². The van der Waals surface area contributed by atoms with E-state index in [4.69, 9.17) is 4.74 Å². The zero-order chi connectivity index (χ0) is 19.2. The number of piperidine rings is 1. The first kappa shape index (κ1) is 19.7. The lowest BCUT2D eigenvalue weighted by molar-refractivity contribution is -0.139. The molecule has 1 aromatic heterocycles. The minimum atomic E-state index is -0.619. The molecule has 1 atom stereocenters. The molecule has 1 aromatic rings. The van der Waals surface area contributed by atoms with Gasteiger partial charge in [-0.2, -0.15) is 0 Å². The van der Waals surface area contributed by atoms with E-state index in [1.165, 1.54) is 0 Å². The molecule has 1 unspecified atom stereocenters. The maximum atomic E-state index is 12.4. The zero-order valence-corrected chi connectivity index (χ0v) is 16.2. The van der Waals surface area contributed by atoms with Crippen molar-refractivity contribution < 1.29 is 19.1 Å². The van der Waals surface area contributed by atoms with Crippen molar-refractivity contribution in [2.45, 2.75) is 38.7 Å². The van der Waals surface area contributed by atoms with Gasteiger partial charge in [0, 0.05) is 32.8 Å². The van der Waals surface area contributed by atoms with Gasteiger partial charge in [-0.15, -0.1) is 5.10 Å². The molecule has 2 fully saturated rings. The molecular formula is C17H25N5O4S. The molecule has 2 aliphatic rings. The largest absolute Gasteiger partial charge is 0.376 e. The van der Waals surface area contributed by atoms with Gasteiger partial charge in [0.1, 0.15) is 4.88 Å². The first-order valence-corrected chi connectivity index (χ1v) is 10.1. The second kappa shape index (κ2) is 9.23. The summed E-state index contributed by atoms with van der Waals surface area (Å²) in [6, 6.07) is 0. The number of hydrogen-bond acceptors (Lipinski definition) is 7. The highest BCUT2D eigenvalue weighted by Gasteiger charge is 2.27. The number of amides is 3. The number of aryl methyl sites for hydroxylation is 1. The quantitative estimate of drug-likeness (QED) is 0.684. The molecule has 0 radical (unpaired) electrons. The van der Waals surface area contributed by atoms with Crippen LogP contribution in [0.4, 0.5) is 0 Å². The first-order chi connectivity index (χ1) is 13.0. The van der Waals surface area contributed by atoms with Crippen LogP contribution in [0.3, 0.4) is 0 Å². The van der Waals surface area contributed by atoms with E-state index in [9.17, 15) is 14.4 Å². The maximum Gasteiger partial charge on any atom is 0.309 e. The van der Waals surface area contributed by atoms with Crippen LogP contribution in [-0.4, -0.2) is 71.1 Å². The zero-order valence-electron chi connectivity index (χ0n) is 15.4. The molecule has 3 heterocycles. The van der Waals surface area contributed by atoms with Gasteiger partial charge in [-0.05, 0) is 50.1 Å². The fourth-order valence-electron chi connectivity index (χ4n) is 3.32. The van der Waals surface area contributed by atoms with E-state index in [0.29, 0.717) is 43.4 Å². The van der Waals surface area contributed by atoms with Gasteiger partial charge >= 0.3 is 11.8 Å². The van der Waals surface area contributed by atoms with Crippen molar-refractivity contribution in [3.63, 3.8) is 0 Å². The number of hydrogen-bond donors (Lipinski definition) is 2. The number of carbonyl (C=O) groups excluding carboxylic acids is 3. The molecule has 2 saturated heterocycles. The van der Waals surface area contributed by atoms with E-state index in [2.05, 4.69) is 20.2 Å². The molecule has 2 aliphatic heterocycles. The Bertz CT molecular complexity index is 681. The lowest BCUT2D eigenvalue weighted by Gasteiger charge is -2.31. The van der Waals surface area contributed by atoms with Crippen LogP contribution in [-0.2, 0) is 14.3 Å².